The first-order valence-corrected chi connectivity index (χ1v) is 8.44. The van der Waals surface area contributed by atoms with Gasteiger partial charge in [-0.2, -0.15) is 5.10 Å². The van der Waals surface area contributed by atoms with Crippen molar-refractivity contribution in [3.05, 3.63) is 90.3 Å². The third-order valence-corrected chi connectivity index (χ3v) is 4.32. The maximum absolute atomic E-state index is 14.5. The molecule has 0 spiro atoms. The van der Waals surface area contributed by atoms with Gasteiger partial charge in [-0.1, -0.05) is 36.4 Å². The van der Waals surface area contributed by atoms with Crippen molar-refractivity contribution in [3.63, 3.8) is 0 Å². The Balaban J connectivity index is 2.09. The van der Waals surface area contributed by atoms with Crippen LogP contribution in [0.2, 0.25) is 0 Å². The number of aryl methyl sites for hydroxylation is 1. The first-order valence-electron chi connectivity index (χ1n) is 8.44. The van der Waals surface area contributed by atoms with Crippen LogP contribution in [0, 0.1) is 18.6 Å². The second kappa shape index (κ2) is 7.03. The fraction of sp³-hybridized carbons (Fsp3) is 0.0455. The van der Waals surface area contributed by atoms with E-state index in [0.717, 1.165) is 17.2 Å². The second-order valence-electron chi connectivity index (χ2n) is 6.09. The van der Waals surface area contributed by atoms with E-state index < -0.39 is 11.6 Å². The molecule has 0 unspecified atom stereocenters. The van der Waals surface area contributed by atoms with Crippen LogP contribution in [-0.4, -0.2) is 15.2 Å². The minimum absolute atomic E-state index is 0.194. The Labute approximate surface area is 155 Å². The zero-order chi connectivity index (χ0) is 18.8. The first-order chi connectivity index (χ1) is 13.1. The van der Waals surface area contributed by atoms with Crippen molar-refractivity contribution in [2.75, 3.05) is 0 Å². The number of hydrogen-bond acceptors (Lipinski definition) is 3. The number of pyridine rings is 1. The highest BCUT2D eigenvalue weighted by molar-refractivity contribution is 5.92. The molecule has 2 aromatic heterocycles. The average molecular weight is 359 g/mol. The highest BCUT2D eigenvalue weighted by Gasteiger charge is 2.21. The van der Waals surface area contributed by atoms with Gasteiger partial charge in [-0.3, -0.25) is 4.98 Å². The summed E-state index contributed by atoms with van der Waals surface area (Å²) in [6.07, 6.45) is 1.70. The fourth-order valence-electron chi connectivity index (χ4n) is 3.10. The van der Waals surface area contributed by atoms with E-state index in [2.05, 4.69) is 15.2 Å². The van der Waals surface area contributed by atoms with E-state index >= 15 is 0 Å². The first kappa shape index (κ1) is 17.0. The molecular weight excluding hydrogens is 344 g/mol. The number of halogens is 2. The van der Waals surface area contributed by atoms with Crippen LogP contribution in [0.3, 0.4) is 0 Å². The van der Waals surface area contributed by atoms with Gasteiger partial charge in [0.1, 0.15) is 17.3 Å². The molecule has 0 saturated heterocycles. The maximum atomic E-state index is 14.5. The number of nitrogens with zero attached hydrogens (tertiary/aromatic N) is 3. The van der Waals surface area contributed by atoms with E-state index in [4.69, 9.17) is 0 Å². The molecule has 0 N–H and O–H groups in total. The largest absolute Gasteiger partial charge is 0.256 e. The van der Waals surface area contributed by atoms with Crippen LogP contribution < -0.4 is 0 Å². The Kier molecular flexibility index (Phi) is 4.42. The summed E-state index contributed by atoms with van der Waals surface area (Å²) in [5, 5.41) is 8.49. The summed E-state index contributed by atoms with van der Waals surface area (Å²) in [6, 6.07) is 18.6. The van der Waals surface area contributed by atoms with E-state index in [0.29, 0.717) is 22.6 Å². The van der Waals surface area contributed by atoms with Crippen molar-refractivity contribution in [3.8, 4) is 33.6 Å². The molecule has 0 amide bonds. The molecule has 0 bridgehead atoms. The van der Waals surface area contributed by atoms with Crippen molar-refractivity contribution < 1.29 is 8.78 Å². The average Bonchev–Trinajstić information content (AvgIpc) is 2.69. The Morgan fingerprint density at radius 3 is 2.26 bits per heavy atom. The van der Waals surface area contributed by atoms with Crippen LogP contribution >= 0.6 is 0 Å². The van der Waals surface area contributed by atoms with Gasteiger partial charge in [-0.05, 0) is 36.8 Å². The third-order valence-electron chi connectivity index (χ3n) is 4.32. The minimum Gasteiger partial charge on any atom is -0.256 e. The molecule has 0 fully saturated rings. The Morgan fingerprint density at radius 2 is 1.56 bits per heavy atom. The van der Waals surface area contributed by atoms with Crippen molar-refractivity contribution in [2.24, 2.45) is 0 Å². The molecule has 0 aliphatic carbocycles. The van der Waals surface area contributed by atoms with Crippen molar-refractivity contribution in [1.29, 1.82) is 0 Å². The predicted molar refractivity (Wildman–Crippen MR) is 101 cm³/mol. The Bertz CT molecular complexity index is 1100. The lowest BCUT2D eigenvalue weighted by Crippen LogP contribution is -2.02. The predicted octanol–water partition coefficient (Wildman–Crippen LogP) is 5.46. The van der Waals surface area contributed by atoms with E-state index in [1.165, 1.54) is 12.1 Å². The van der Waals surface area contributed by atoms with E-state index in [1.807, 2.05) is 55.5 Å². The van der Waals surface area contributed by atoms with E-state index in [9.17, 15) is 8.78 Å². The zero-order valence-corrected chi connectivity index (χ0v) is 14.5. The molecule has 2 heterocycles. The van der Waals surface area contributed by atoms with Crippen LogP contribution in [0.1, 0.15) is 5.69 Å². The van der Waals surface area contributed by atoms with E-state index in [-0.39, 0.29) is 5.56 Å². The van der Waals surface area contributed by atoms with Crippen LogP contribution in [0.25, 0.3) is 33.6 Å². The van der Waals surface area contributed by atoms with Gasteiger partial charge in [0.15, 0.2) is 0 Å². The second-order valence-corrected chi connectivity index (χ2v) is 6.09. The third kappa shape index (κ3) is 3.19. The molecule has 0 atom stereocenters. The summed E-state index contributed by atoms with van der Waals surface area (Å²) >= 11 is 0. The molecule has 4 aromatic rings. The van der Waals surface area contributed by atoms with Crippen LogP contribution in [0.5, 0.6) is 0 Å². The molecule has 5 heteroatoms. The SMILES string of the molecule is Cc1nnc(-c2ccc(F)cc2F)c(-c2ccccc2)c1-c1ccccn1. The lowest BCUT2D eigenvalue weighted by atomic mass is 9.92. The van der Waals surface area contributed by atoms with Crippen LogP contribution in [0.4, 0.5) is 8.78 Å². The Hall–Kier alpha value is -3.47. The van der Waals surface area contributed by atoms with Crippen molar-refractivity contribution in [1.82, 2.24) is 15.2 Å². The Morgan fingerprint density at radius 1 is 0.778 bits per heavy atom. The molecule has 0 radical (unpaired) electrons. The standard InChI is InChI=1S/C22H15F2N3/c1-14-20(19-9-5-6-12-25-19)21(15-7-3-2-4-8-15)22(27-26-14)17-11-10-16(23)13-18(17)24/h2-13H,1H3. The maximum Gasteiger partial charge on any atom is 0.135 e. The highest BCUT2D eigenvalue weighted by atomic mass is 19.1. The summed E-state index contributed by atoms with van der Waals surface area (Å²) in [7, 11) is 0. The summed E-state index contributed by atoms with van der Waals surface area (Å²) in [5.41, 5.74) is 4.29. The lowest BCUT2D eigenvalue weighted by Gasteiger charge is -2.16. The molecule has 4 rings (SSSR count). The van der Waals surface area contributed by atoms with Crippen molar-refractivity contribution in [2.45, 2.75) is 6.92 Å². The van der Waals surface area contributed by atoms with E-state index in [1.54, 1.807) is 6.20 Å². The van der Waals surface area contributed by atoms with Gasteiger partial charge < -0.3 is 0 Å². The minimum atomic E-state index is -0.683. The quantitative estimate of drug-likeness (QED) is 0.488. The molecule has 0 aliphatic heterocycles. The van der Waals surface area contributed by atoms with Gasteiger partial charge in [0.2, 0.25) is 0 Å². The number of hydrogen-bond donors (Lipinski definition) is 0. The highest BCUT2D eigenvalue weighted by Crippen LogP contribution is 2.39. The summed E-state index contributed by atoms with van der Waals surface area (Å²) in [4.78, 5) is 4.45. The van der Waals surface area contributed by atoms with Gasteiger partial charge >= 0.3 is 0 Å². The summed E-state index contributed by atoms with van der Waals surface area (Å²) < 4.78 is 28.0. The smallest absolute Gasteiger partial charge is 0.135 e. The number of benzene rings is 2. The summed E-state index contributed by atoms with van der Waals surface area (Å²) in [6.45, 7) is 1.84. The van der Waals surface area contributed by atoms with Gasteiger partial charge in [-0.15, -0.1) is 5.10 Å². The van der Waals surface area contributed by atoms with Crippen LogP contribution in [0.15, 0.2) is 72.9 Å². The van der Waals surface area contributed by atoms with Gasteiger partial charge in [-0.25, -0.2) is 8.78 Å². The number of rotatable bonds is 3. The fourth-order valence-corrected chi connectivity index (χ4v) is 3.10. The molecule has 2 aromatic carbocycles. The van der Waals surface area contributed by atoms with Crippen LogP contribution in [-0.2, 0) is 0 Å². The molecular formula is C22H15F2N3. The normalized spacial score (nSPS) is 10.8. The number of aromatic nitrogens is 3. The van der Waals surface area contributed by atoms with Gasteiger partial charge in [0, 0.05) is 29.0 Å². The summed E-state index contributed by atoms with van der Waals surface area (Å²) in [5.74, 6) is -1.32. The topological polar surface area (TPSA) is 38.7 Å². The van der Waals surface area contributed by atoms with Gasteiger partial charge in [0.05, 0.1) is 11.4 Å². The monoisotopic (exact) mass is 359 g/mol. The zero-order valence-electron chi connectivity index (χ0n) is 14.5. The van der Waals surface area contributed by atoms with Gasteiger partial charge in [0.25, 0.3) is 0 Å². The molecule has 3 nitrogen and oxygen atoms in total. The van der Waals surface area contributed by atoms with Crippen molar-refractivity contribution >= 4 is 0 Å². The molecule has 132 valence electrons. The molecule has 0 aliphatic rings. The molecule has 0 saturated carbocycles. The molecule has 27 heavy (non-hydrogen) atoms. The lowest BCUT2D eigenvalue weighted by molar-refractivity contribution is 0.585.